The van der Waals surface area contributed by atoms with Crippen LogP contribution in [0.15, 0.2) is 57.8 Å². The quantitative estimate of drug-likeness (QED) is 0.731. The monoisotopic (exact) mass is 373 g/mol. The lowest BCUT2D eigenvalue weighted by molar-refractivity contribution is 0.102. The molecule has 0 saturated carbocycles. The van der Waals surface area contributed by atoms with Crippen molar-refractivity contribution in [3.05, 3.63) is 54.1 Å². The Morgan fingerprint density at radius 3 is 2.62 bits per heavy atom. The van der Waals surface area contributed by atoms with E-state index in [-0.39, 0.29) is 22.4 Å². The first-order valence-corrected chi connectivity index (χ1v) is 9.36. The first-order valence-electron chi connectivity index (χ1n) is 7.47. The van der Waals surface area contributed by atoms with Gasteiger partial charge in [-0.2, -0.15) is 0 Å². The zero-order valence-electron chi connectivity index (χ0n) is 14.0. The lowest BCUT2D eigenvalue weighted by Gasteiger charge is -2.04. The van der Waals surface area contributed by atoms with Crippen LogP contribution < -0.4 is 10.1 Å². The molecule has 9 heteroatoms. The Hall–Kier alpha value is -3.20. The van der Waals surface area contributed by atoms with Gasteiger partial charge in [-0.05, 0) is 30.3 Å². The molecule has 0 spiro atoms. The van der Waals surface area contributed by atoms with Gasteiger partial charge < -0.3 is 9.15 Å². The topological polar surface area (TPSA) is 111 Å². The van der Waals surface area contributed by atoms with E-state index in [2.05, 4.69) is 15.5 Å². The number of benzene rings is 2. The molecular weight excluding hydrogens is 358 g/mol. The Balaban J connectivity index is 1.86. The summed E-state index contributed by atoms with van der Waals surface area (Å²) in [7, 11) is -1.97. The number of aromatic nitrogens is 2. The highest BCUT2D eigenvalue weighted by Crippen LogP contribution is 2.27. The Kier molecular flexibility index (Phi) is 4.72. The molecule has 0 fully saturated rings. The van der Waals surface area contributed by atoms with Gasteiger partial charge in [0.2, 0.25) is 0 Å². The van der Waals surface area contributed by atoms with Crippen LogP contribution in [0.5, 0.6) is 5.75 Å². The van der Waals surface area contributed by atoms with Crippen LogP contribution in [-0.2, 0) is 9.84 Å². The van der Waals surface area contributed by atoms with E-state index in [1.807, 2.05) is 0 Å². The van der Waals surface area contributed by atoms with Crippen LogP contribution in [0, 0.1) is 0 Å². The Labute approximate surface area is 149 Å². The number of sulfone groups is 1. The van der Waals surface area contributed by atoms with Gasteiger partial charge in [0.15, 0.2) is 9.84 Å². The van der Waals surface area contributed by atoms with E-state index >= 15 is 0 Å². The van der Waals surface area contributed by atoms with Crippen molar-refractivity contribution in [1.29, 1.82) is 0 Å². The second kappa shape index (κ2) is 6.96. The van der Waals surface area contributed by atoms with Gasteiger partial charge in [0.1, 0.15) is 5.75 Å². The summed E-state index contributed by atoms with van der Waals surface area (Å²) in [5.41, 5.74) is 0.616. The Morgan fingerprint density at radius 1 is 1.12 bits per heavy atom. The van der Waals surface area contributed by atoms with Gasteiger partial charge in [-0.25, -0.2) is 8.42 Å². The second-order valence-corrected chi connectivity index (χ2v) is 7.35. The number of anilines is 1. The van der Waals surface area contributed by atoms with Crippen molar-refractivity contribution < 1.29 is 22.4 Å². The first kappa shape index (κ1) is 17.6. The van der Waals surface area contributed by atoms with Crippen molar-refractivity contribution in [3.8, 4) is 17.2 Å². The molecule has 0 aliphatic heterocycles. The fourth-order valence-corrected chi connectivity index (χ4v) is 3.16. The molecule has 0 atom stereocenters. The number of rotatable bonds is 5. The molecule has 1 heterocycles. The molecule has 0 radical (unpaired) electrons. The predicted molar refractivity (Wildman–Crippen MR) is 93.8 cm³/mol. The van der Waals surface area contributed by atoms with Gasteiger partial charge in [0.05, 0.1) is 17.6 Å². The van der Waals surface area contributed by atoms with E-state index in [1.165, 1.54) is 13.2 Å². The first-order chi connectivity index (χ1) is 12.4. The fourth-order valence-electron chi connectivity index (χ4n) is 2.28. The van der Waals surface area contributed by atoms with Crippen molar-refractivity contribution in [1.82, 2.24) is 10.2 Å². The highest BCUT2D eigenvalue weighted by Gasteiger charge is 2.19. The molecule has 1 N–H and O–H groups in total. The minimum atomic E-state index is -3.48. The summed E-state index contributed by atoms with van der Waals surface area (Å²) in [5, 5.41) is 10.0. The molecule has 0 aliphatic carbocycles. The van der Waals surface area contributed by atoms with Crippen LogP contribution in [0.1, 0.15) is 10.4 Å². The number of hydrogen-bond donors (Lipinski definition) is 1. The van der Waals surface area contributed by atoms with E-state index in [0.717, 1.165) is 6.26 Å². The van der Waals surface area contributed by atoms with E-state index in [4.69, 9.17) is 9.15 Å². The van der Waals surface area contributed by atoms with Crippen LogP contribution in [0.4, 0.5) is 6.01 Å². The predicted octanol–water partition coefficient (Wildman–Crippen LogP) is 2.40. The van der Waals surface area contributed by atoms with E-state index in [0.29, 0.717) is 11.3 Å². The largest absolute Gasteiger partial charge is 0.497 e. The third kappa shape index (κ3) is 3.72. The van der Waals surface area contributed by atoms with Gasteiger partial charge >= 0.3 is 6.01 Å². The highest BCUT2D eigenvalue weighted by atomic mass is 32.2. The van der Waals surface area contributed by atoms with Gasteiger partial charge in [0.25, 0.3) is 11.8 Å². The number of nitrogens with one attached hydrogen (secondary N) is 1. The van der Waals surface area contributed by atoms with Crippen molar-refractivity contribution in [2.45, 2.75) is 4.90 Å². The van der Waals surface area contributed by atoms with Gasteiger partial charge in [-0.15, -0.1) is 5.10 Å². The van der Waals surface area contributed by atoms with Crippen molar-refractivity contribution in [2.24, 2.45) is 0 Å². The minimum absolute atomic E-state index is 0.00744. The SMILES string of the molecule is COc1cccc(C(=O)Nc2nnc(-c3ccccc3S(C)(=O)=O)o2)c1. The summed E-state index contributed by atoms with van der Waals surface area (Å²) in [6.45, 7) is 0. The zero-order valence-corrected chi connectivity index (χ0v) is 14.8. The van der Waals surface area contributed by atoms with E-state index < -0.39 is 15.7 Å². The molecule has 3 aromatic rings. The molecule has 0 aliphatic rings. The van der Waals surface area contributed by atoms with Gasteiger partial charge in [-0.3, -0.25) is 10.1 Å². The Morgan fingerprint density at radius 2 is 1.88 bits per heavy atom. The normalized spacial score (nSPS) is 11.2. The van der Waals surface area contributed by atoms with Gasteiger partial charge in [0, 0.05) is 11.8 Å². The lowest BCUT2D eigenvalue weighted by Crippen LogP contribution is -2.12. The molecule has 2 aromatic carbocycles. The molecule has 0 unspecified atom stereocenters. The van der Waals surface area contributed by atoms with Crippen molar-refractivity contribution >= 4 is 21.8 Å². The maximum Gasteiger partial charge on any atom is 0.322 e. The van der Waals surface area contributed by atoms with Crippen molar-refractivity contribution in [2.75, 3.05) is 18.7 Å². The summed E-state index contributed by atoms with van der Waals surface area (Å²) in [5.74, 6) is 0.0633. The molecule has 8 nitrogen and oxygen atoms in total. The summed E-state index contributed by atoms with van der Waals surface area (Å²) in [4.78, 5) is 12.3. The van der Waals surface area contributed by atoms with Crippen LogP contribution in [0.3, 0.4) is 0 Å². The third-order valence-corrected chi connectivity index (χ3v) is 4.65. The van der Waals surface area contributed by atoms with Crippen LogP contribution in [0.2, 0.25) is 0 Å². The number of amides is 1. The second-order valence-electron chi connectivity index (χ2n) is 5.37. The molecule has 0 bridgehead atoms. The van der Waals surface area contributed by atoms with Crippen molar-refractivity contribution in [3.63, 3.8) is 0 Å². The number of ether oxygens (including phenoxy) is 1. The fraction of sp³-hybridized carbons (Fsp3) is 0.118. The molecular formula is C17H15N3O5S. The molecule has 1 amide bonds. The average molecular weight is 373 g/mol. The number of methoxy groups -OCH3 is 1. The Bertz CT molecular complexity index is 1060. The van der Waals surface area contributed by atoms with Crippen LogP contribution >= 0.6 is 0 Å². The maximum atomic E-state index is 12.3. The third-order valence-electron chi connectivity index (χ3n) is 3.49. The molecule has 0 saturated heterocycles. The minimum Gasteiger partial charge on any atom is -0.497 e. The summed E-state index contributed by atoms with van der Waals surface area (Å²) in [6, 6.07) is 12.7. The molecule has 26 heavy (non-hydrogen) atoms. The molecule has 3 rings (SSSR count). The highest BCUT2D eigenvalue weighted by molar-refractivity contribution is 7.90. The van der Waals surface area contributed by atoms with Gasteiger partial charge in [-0.1, -0.05) is 23.3 Å². The molecule has 134 valence electrons. The maximum absolute atomic E-state index is 12.3. The number of hydrogen-bond acceptors (Lipinski definition) is 7. The smallest absolute Gasteiger partial charge is 0.322 e. The summed E-state index contributed by atoms with van der Waals surface area (Å²) in [6.07, 6.45) is 1.09. The number of nitrogens with zero attached hydrogens (tertiary/aromatic N) is 2. The van der Waals surface area contributed by atoms with E-state index in [9.17, 15) is 13.2 Å². The summed E-state index contributed by atoms with van der Waals surface area (Å²) >= 11 is 0. The summed E-state index contributed by atoms with van der Waals surface area (Å²) < 4.78 is 34.2. The number of carbonyl (C=O) groups excluding carboxylic acids is 1. The van der Waals surface area contributed by atoms with Crippen LogP contribution in [0.25, 0.3) is 11.5 Å². The van der Waals surface area contributed by atoms with E-state index in [1.54, 1.807) is 42.5 Å². The average Bonchev–Trinajstić information content (AvgIpc) is 3.09. The lowest BCUT2D eigenvalue weighted by atomic mass is 10.2. The zero-order chi connectivity index (χ0) is 18.7. The molecule has 1 aromatic heterocycles. The standard InChI is InChI=1S/C17H15N3O5S/c1-24-12-7-5-6-11(10-12)15(21)18-17-20-19-16(25-17)13-8-3-4-9-14(13)26(2,22)23/h3-10H,1-2H3,(H,18,20,21). The van der Waals surface area contributed by atoms with Crippen LogP contribution in [-0.4, -0.2) is 37.9 Å². The number of carbonyl (C=O) groups is 1.